The van der Waals surface area contributed by atoms with Gasteiger partial charge in [-0.15, -0.1) is 11.3 Å². The van der Waals surface area contributed by atoms with Gasteiger partial charge in [0, 0.05) is 38.1 Å². The predicted molar refractivity (Wildman–Crippen MR) is 120 cm³/mol. The molecule has 0 aliphatic heterocycles. The molecule has 0 saturated heterocycles. The smallest absolute Gasteiger partial charge is 0.407 e. The van der Waals surface area contributed by atoms with E-state index in [9.17, 15) is 4.79 Å². The van der Waals surface area contributed by atoms with Crippen molar-refractivity contribution < 1.29 is 9.53 Å². The van der Waals surface area contributed by atoms with Gasteiger partial charge in [0.05, 0.1) is 12.2 Å². The average molecular weight is 425 g/mol. The lowest BCUT2D eigenvalue weighted by molar-refractivity contribution is 0.0490. The molecule has 164 valence electrons. The molecule has 3 N–H and O–H groups in total. The van der Waals surface area contributed by atoms with E-state index in [4.69, 9.17) is 4.74 Å². The number of guanidine groups is 1. The van der Waals surface area contributed by atoms with Crippen LogP contribution in [-0.2, 0) is 11.3 Å². The highest BCUT2D eigenvalue weighted by Crippen LogP contribution is 2.20. The molecule has 29 heavy (non-hydrogen) atoms. The zero-order chi connectivity index (χ0) is 21.4. The van der Waals surface area contributed by atoms with E-state index in [0.29, 0.717) is 12.6 Å². The zero-order valence-corrected chi connectivity index (χ0v) is 19.4. The number of aromatic nitrogens is 1. The summed E-state index contributed by atoms with van der Waals surface area (Å²) in [6.07, 6.45) is 3.48. The average Bonchev–Trinajstić information content (AvgIpc) is 3.09. The van der Waals surface area contributed by atoms with Gasteiger partial charge in [-0.25, -0.2) is 14.8 Å². The summed E-state index contributed by atoms with van der Waals surface area (Å²) in [5.74, 6) is 0.815. The summed E-state index contributed by atoms with van der Waals surface area (Å²) < 4.78 is 5.35. The number of thiazole rings is 1. The fraction of sp³-hybridized carbons (Fsp3) is 0.750. The van der Waals surface area contributed by atoms with Crippen molar-refractivity contribution in [3.05, 3.63) is 11.1 Å². The second-order valence-electron chi connectivity index (χ2n) is 8.55. The molecule has 2 rings (SSSR count). The molecule has 0 aromatic carbocycles. The maximum atomic E-state index is 11.9. The summed E-state index contributed by atoms with van der Waals surface area (Å²) in [7, 11) is 3.98. The molecule has 1 aliphatic rings. The molecule has 1 saturated carbocycles. The topological polar surface area (TPSA) is 90.9 Å². The van der Waals surface area contributed by atoms with Crippen molar-refractivity contribution in [2.45, 2.75) is 77.6 Å². The number of nitrogens with zero attached hydrogens (tertiary/aromatic N) is 3. The lowest BCUT2D eigenvalue weighted by Crippen LogP contribution is -2.48. The molecule has 1 amide bonds. The number of nitrogens with one attached hydrogen (secondary N) is 3. The Morgan fingerprint density at radius 1 is 1.24 bits per heavy atom. The van der Waals surface area contributed by atoms with Gasteiger partial charge in [-0.05, 0) is 53.4 Å². The fourth-order valence-electron chi connectivity index (χ4n) is 3.10. The fourth-order valence-corrected chi connectivity index (χ4v) is 3.85. The van der Waals surface area contributed by atoms with Crippen LogP contribution in [0.15, 0.2) is 10.4 Å². The second kappa shape index (κ2) is 10.7. The summed E-state index contributed by atoms with van der Waals surface area (Å²) >= 11 is 1.63. The van der Waals surface area contributed by atoms with Crippen LogP contribution >= 0.6 is 11.3 Å². The molecule has 8 nitrogen and oxygen atoms in total. The van der Waals surface area contributed by atoms with Crippen LogP contribution in [-0.4, -0.2) is 55.4 Å². The van der Waals surface area contributed by atoms with Crippen molar-refractivity contribution >= 4 is 28.5 Å². The zero-order valence-electron chi connectivity index (χ0n) is 18.5. The number of hydrogen-bond donors (Lipinski definition) is 3. The highest BCUT2D eigenvalue weighted by atomic mass is 32.1. The van der Waals surface area contributed by atoms with Crippen LogP contribution in [0, 0.1) is 0 Å². The quantitative estimate of drug-likeness (QED) is 0.480. The highest BCUT2D eigenvalue weighted by molar-refractivity contribution is 7.13. The van der Waals surface area contributed by atoms with Crippen molar-refractivity contribution in [2.24, 2.45) is 4.99 Å². The van der Waals surface area contributed by atoms with Crippen LogP contribution in [0.1, 0.15) is 59.1 Å². The Morgan fingerprint density at radius 2 is 1.86 bits per heavy atom. The number of ether oxygens (including phenoxy) is 1. The van der Waals surface area contributed by atoms with Crippen molar-refractivity contribution in [1.82, 2.24) is 20.9 Å². The van der Waals surface area contributed by atoms with Crippen molar-refractivity contribution in [3.8, 4) is 0 Å². The van der Waals surface area contributed by atoms with Crippen molar-refractivity contribution in [3.63, 3.8) is 0 Å². The molecule has 1 fully saturated rings. The van der Waals surface area contributed by atoms with E-state index >= 15 is 0 Å². The first-order valence-corrected chi connectivity index (χ1v) is 11.2. The van der Waals surface area contributed by atoms with E-state index in [0.717, 1.165) is 49.0 Å². The van der Waals surface area contributed by atoms with Gasteiger partial charge < -0.3 is 25.6 Å². The van der Waals surface area contributed by atoms with Gasteiger partial charge >= 0.3 is 6.09 Å². The number of hydrogen-bond acceptors (Lipinski definition) is 6. The van der Waals surface area contributed by atoms with Gasteiger partial charge in [-0.3, -0.25) is 0 Å². The van der Waals surface area contributed by atoms with Gasteiger partial charge in [-0.1, -0.05) is 0 Å². The van der Waals surface area contributed by atoms with Crippen LogP contribution in [0.3, 0.4) is 0 Å². The second-order valence-corrected chi connectivity index (χ2v) is 9.39. The minimum Gasteiger partial charge on any atom is -0.444 e. The number of carbonyl (C=O) groups excluding carboxylic acids is 1. The number of anilines is 1. The van der Waals surface area contributed by atoms with Crippen molar-refractivity contribution in [1.29, 1.82) is 0 Å². The number of rotatable bonds is 6. The molecule has 0 radical (unpaired) electrons. The van der Waals surface area contributed by atoms with E-state index in [-0.39, 0.29) is 12.1 Å². The van der Waals surface area contributed by atoms with Crippen LogP contribution in [0.2, 0.25) is 0 Å². The molecule has 0 spiro atoms. The summed E-state index contributed by atoms with van der Waals surface area (Å²) in [5.41, 5.74) is 0.506. The molecule has 0 unspecified atom stereocenters. The molecule has 1 aliphatic carbocycles. The first-order valence-electron chi connectivity index (χ1n) is 10.3. The van der Waals surface area contributed by atoms with E-state index in [2.05, 4.69) is 38.2 Å². The third-order valence-electron chi connectivity index (χ3n) is 4.45. The van der Waals surface area contributed by atoms with Gasteiger partial charge in [0.15, 0.2) is 11.1 Å². The Kier molecular flexibility index (Phi) is 8.55. The largest absolute Gasteiger partial charge is 0.444 e. The van der Waals surface area contributed by atoms with Crippen LogP contribution < -0.4 is 20.9 Å². The Morgan fingerprint density at radius 3 is 2.38 bits per heavy atom. The highest BCUT2D eigenvalue weighted by Gasteiger charge is 2.25. The molecule has 9 heteroatoms. The summed E-state index contributed by atoms with van der Waals surface area (Å²) in [5, 5.41) is 12.9. The first kappa shape index (κ1) is 23.3. The molecular formula is C20H36N6O2S. The van der Waals surface area contributed by atoms with E-state index in [1.54, 1.807) is 11.3 Å². The monoisotopic (exact) mass is 424 g/mol. The molecule has 1 aromatic rings. The predicted octanol–water partition coefficient (Wildman–Crippen LogP) is 3.10. The summed E-state index contributed by atoms with van der Waals surface area (Å²) in [6, 6.07) is 0.513. The van der Waals surface area contributed by atoms with Crippen LogP contribution in [0.5, 0.6) is 0 Å². The van der Waals surface area contributed by atoms with E-state index in [1.165, 1.54) is 0 Å². The number of carbonyl (C=O) groups is 1. The van der Waals surface area contributed by atoms with E-state index < -0.39 is 5.60 Å². The Bertz CT molecular complexity index is 675. The molecular weight excluding hydrogens is 388 g/mol. The Labute approximate surface area is 178 Å². The third kappa shape index (κ3) is 8.47. The first-order chi connectivity index (χ1) is 13.7. The minimum atomic E-state index is -0.468. The van der Waals surface area contributed by atoms with E-state index in [1.807, 2.05) is 39.8 Å². The number of amides is 1. The van der Waals surface area contributed by atoms with Crippen LogP contribution in [0.25, 0.3) is 0 Å². The third-order valence-corrected chi connectivity index (χ3v) is 5.51. The molecule has 1 aromatic heterocycles. The Balaban J connectivity index is 1.81. The summed E-state index contributed by atoms with van der Waals surface area (Å²) in [6.45, 7) is 9.05. The van der Waals surface area contributed by atoms with Gasteiger partial charge in [0.25, 0.3) is 0 Å². The number of alkyl carbamates (subject to hydrolysis) is 1. The lowest BCUT2D eigenvalue weighted by atomic mass is 9.91. The summed E-state index contributed by atoms with van der Waals surface area (Å²) in [4.78, 5) is 23.2. The molecule has 0 bridgehead atoms. The van der Waals surface area contributed by atoms with Gasteiger partial charge in [0.1, 0.15) is 5.60 Å². The standard InChI is InChI=1S/C20H36N6O2S/c1-7-21-17(22-12-16-13-29-18(24-16)26(5)6)23-14-8-10-15(11-9-14)25-19(27)28-20(2,3)4/h13-15H,7-12H2,1-6H3,(H,25,27)(H2,21,22,23). The van der Waals surface area contributed by atoms with Gasteiger partial charge in [0.2, 0.25) is 0 Å². The lowest BCUT2D eigenvalue weighted by Gasteiger charge is -2.31. The molecule has 0 atom stereocenters. The minimum absolute atomic E-state index is 0.168. The Hall–Kier alpha value is -2.03. The molecule has 1 heterocycles. The van der Waals surface area contributed by atoms with Crippen molar-refractivity contribution in [2.75, 3.05) is 25.5 Å². The number of aliphatic imine (C=N–C) groups is 1. The normalized spacial score (nSPS) is 20.1. The van der Waals surface area contributed by atoms with Crippen LogP contribution in [0.4, 0.5) is 9.93 Å². The maximum Gasteiger partial charge on any atom is 0.407 e. The SMILES string of the molecule is CCNC(=NCc1csc(N(C)C)n1)NC1CCC(NC(=O)OC(C)(C)C)CC1. The van der Waals surface area contributed by atoms with Gasteiger partial charge in [-0.2, -0.15) is 0 Å². The maximum absolute atomic E-state index is 11.9.